The number of carbonyl (C=O) groups excluding carboxylic acids is 1. The minimum atomic E-state index is -0.778. The zero-order valence-corrected chi connectivity index (χ0v) is 12.7. The zero-order valence-electron chi connectivity index (χ0n) is 10.4. The average molecular weight is 359 g/mol. The predicted molar refractivity (Wildman–Crippen MR) is 80.0 cm³/mol. The van der Waals surface area contributed by atoms with Crippen LogP contribution in [0, 0.1) is 5.82 Å². The second-order valence-electron chi connectivity index (χ2n) is 4.10. The van der Waals surface area contributed by atoms with Crippen molar-refractivity contribution in [3.8, 4) is 5.75 Å². The van der Waals surface area contributed by atoms with Gasteiger partial charge in [0.1, 0.15) is 0 Å². The summed E-state index contributed by atoms with van der Waals surface area (Å²) in [5, 5.41) is 10.1. The van der Waals surface area contributed by atoms with Crippen LogP contribution in [0.3, 0.4) is 0 Å². The van der Waals surface area contributed by atoms with Gasteiger partial charge in [-0.1, -0.05) is 17.7 Å². The molecule has 2 rings (SSSR count). The molecule has 1 N–H and O–H groups in total. The van der Waals surface area contributed by atoms with E-state index < -0.39 is 11.6 Å². The molecule has 0 saturated heterocycles. The Labute approximate surface area is 128 Å². The van der Waals surface area contributed by atoms with Gasteiger partial charge in [0.05, 0.1) is 10.7 Å². The summed E-state index contributed by atoms with van der Waals surface area (Å²) in [6.45, 7) is 0. The average Bonchev–Trinajstić information content (AvgIpc) is 2.43. The van der Waals surface area contributed by atoms with Crippen LogP contribution in [0.15, 0.2) is 40.9 Å². The Morgan fingerprint density at radius 1 is 1.35 bits per heavy atom. The van der Waals surface area contributed by atoms with Gasteiger partial charge < -0.3 is 10.0 Å². The van der Waals surface area contributed by atoms with Crippen molar-refractivity contribution in [2.45, 2.75) is 0 Å². The monoisotopic (exact) mass is 357 g/mol. The molecule has 0 heterocycles. The SMILES string of the molecule is CN(C(=O)c1ccc(Cl)c(Br)c1)c1cccc(F)c1O. The number of anilines is 1. The molecule has 20 heavy (non-hydrogen) atoms. The Bertz CT molecular complexity index is 678. The zero-order chi connectivity index (χ0) is 14.9. The highest BCUT2D eigenvalue weighted by Gasteiger charge is 2.18. The number of phenolic OH excluding ortho intramolecular Hbond substituents is 1. The van der Waals surface area contributed by atoms with E-state index in [4.69, 9.17) is 11.6 Å². The molecule has 2 aromatic carbocycles. The van der Waals surface area contributed by atoms with Gasteiger partial charge in [-0.05, 0) is 46.3 Å². The minimum absolute atomic E-state index is 0.0982. The number of nitrogens with zero attached hydrogens (tertiary/aromatic N) is 1. The summed E-state index contributed by atoms with van der Waals surface area (Å²) in [6.07, 6.45) is 0. The van der Waals surface area contributed by atoms with Crippen molar-refractivity contribution < 1.29 is 14.3 Å². The summed E-state index contributed by atoms with van der Waals surface area (Å²) in [5.41, 5.74) is 0.466. The van der Waals surface area contributed by atoms with Gasteiger partial charge in [-0.25, -0.2) is 4.39 Å². The molecule has 3 nitrogen and oxygen atoms in total. The van der Waals surface area contributed by atoms with Gasteiger partial charge in [0.15, 0.2) is 11.6 Å². The third kappa shape index (κ3) is 2.78. The maximum absolute atomic E-state index is 13.3. The van der Waals surface area contributed by atoms with Gasteiger partial charge in [-0.3, -0.25) is 4.79 Å². The molecule has 6 heteroatoms. The molecule has 104 valence electrons. The molecule has 1 amide bonds. The molecule has 0 saturated carbocycles. The number of carbonyl (C=O) groups is 1. The highest BCUT2D eigenvalue weighted by atomic mass is 79.9. The minimum Gasteiger partial charge on any atom is -0.503 e. The molecule has 0 radical (unpaired) electrons. The van der Waals surface area contributed by atoms with Crippen molar-refractivity contribution in [2.75, 3.05) is 11.9 Å². The van der Waals surface area contributed by atoms with Crippen LogP contribution in [-0.4, -0.2) is 18.1 Å². The summed E-state index contributed by atoms with van der Waals surface area (Å²) in [5.74, 6) is -1.72. The number of amides is 1. The first-order valence-corrected chi connectivity index (χ1v) is 6.79. The number of rotatable bonds is 2. The molecule has 0 spiro atoms. The van der Waals surface area contributed by atoms with Gasteiger partial charge in [-0.15, -0.1) is 0 Å². The van der Waals surface area contributed by atoms with E-state index in [-0.39, 0.29) is 11.6 Å². The first kappa shape index (κ1) is 14.8. The normalized spacial score (nSPS) is 10.4. The topological polar surface area (TPSA) is 40.5 Å². The third-order valence-electron chi connectivity index (χ3n) is 2.80. The van der Waals surface area contributed by atoms with Crippen LogP contribution < -0.4 is 4.90 Å². The lowest BCUT2D eigenvalue weighted by atomic mass is 10.2. The van der Waals surface area contributed by atoms with E-state index in [0.717, 1.165) is 6.07 Å². The van der Waals surface area contributed by atoms with Crippen molar-refractivity contribution in [3.05, 3.63) is 57.3 Å². The van der Waals surface area contributed by atoms with E-state index in [0.29, 0.717) is 15.1 Å². The van der Waals surface area contributed by atoms with Crippen LogP contribution in [0.25, 0.3) is 0 Å². The van der Waals surface area contributed by atoms with Gasteiger partial charge in [0.25, 0.3) is 5.91 Å². The standard InChI is InChI=1S/C14H10BrClFNO2/c1-18(12-4-2-3-11(17)13(12)19)14(20)8-5-6-10(16)9(15)7-8/h2-7,19H,1H3. The van der Waals surface area contributed by atoms with Crippen molar-refractivity contribution in [1.82, 2.24) is 0 Å². The fourth-order valence-electron chi connectivity index (χ4n) is 1.71. The summed E-state index contributed by atoms with van der Waals surface area (Å²) in [4.78, 5) is 13.5. The summed E-state index contributed by atoms with van der Waals surface area (Å²) in [6, 6.07) is 8.71. The molecule has 0 aliphatic heterocycles. The van der Waals surface area contributed by atoms with Gasteiger partial charge >= 0.3 is 0 Å². The van der Waals surface area contributed by atoms with E-state index in [1.165, 1.54) is 24.1 Å². The molecule has 2 aromatic rings. The lowest BCUT2D eigenvalue weighted by molar-refractivity contribution is 0.0992. The lowest BCUT2D eigenvalue weighted by Gasteiger charge is -2.19. The van der Waals surface area contributed by atoms with Crippen LogP contribution in [0.1, 0.15) is 10.4 Å². The number of aromatic hydroxyl groups is 1. The Morgan fingerprint density at radius 2 is 2.05 bits per heavy atom. The number of benzene rings is 2. The quantitative estimate of drug-likeness (QED) is 0.873. The van der Waals surface area contributed by atoms with Crippen LogP contribution in [0.2, 0.25) is 5.02 Å². The van der Waals surface area contributed by atoms with Crippen LogP contribution in [-0.2, 0) is 0 Å². The highest BCUT2D eigenvalue weighted by Crippen LogP contribution is 2.30. The Hall–Kier alpha value is -1.59. The molecular weight excluding hydrogens is 349 g/mol. The molecule has 0 aromatic heterocycles. The third-order valence-corrected chi connectivity index (χ3v) is 4.01. The summed E-state index contributed by atoms with van der Waals surface area (Å²) in [7, 11) is 1.46. The molecule has 0 unspecified atom stereocenters. The summed E-state index contributed by atoms with van der Waals surface area (Å²) < 4.78 is 13.9. The van der Waals surface area contributed by atoms with Crippen LogP contribution in [0.4, 0.5) is 10.1 Å². The van der Waals surface area contributed by atoms with Crippen LogP contribution in [0.5, 0.6) is 5.75 Å². The number of hydrogen-bond acceptors (Lipinski definition) is 2. The molecule has 0 atom stereocenters. The van der Waals surface area contributed by atoms with Crippen molar-refractivity contribution in [2.24, 2.45) is 0 Å². The van der Waals surface area contributed by atoms with Crippen molar-refractivity contribution in [3.63, 3.8) is 0 Å². The highest BCUT2D eigenvalue weighted by molar-refractivity contribution is 9.10. The largest absolute Gasteiger partial charge is 0.503 e. The van der Waals surface area contributed by atoms with E-state index in [2.05, 4.69) is 15.9 Å². The fourth-order valence-corrected chi connectivity index (χ4v) is 2.20. The van der Waals surface area contributed by atoms with E-state index in [1.54, 1.807) is 18.2 Å². The maximum atomic E-state index is 13.3. The van der Waals surface area contributed by atoms with Gasteiger partial charge in [0.2, 0.25) is 0 Å². The van der Waals surface area contributed by atoms with E-state index >= 15 is 0 Å². The van der Waals surface area contributed by atoms with Gasteiger partial charge in [-0.2, -0.15) is 0 Å². The van der Waals surface area contributed by atoms with E-state index in [1.807, 2.05) is 0 Å². The Morgan fingerprint density at radius 3 is 2.70 bits per heavy atom. The number of hydrogen-bond donors (Lipinski definition) is 1. The number of halogens is 3. The van der Waals surface area contributed by atoms with E-state index in [9.17, 15) is 14.3 Å². The fraction of sp³-hybridized carbons (Fsp3) is 0.0714. The second kappa shape index (κ2) is 5.81. The van der Waals surface area contributed by atoms with Crippen molar-refractivity contribution >= 4 is 39.1 Å². The Balaban J connectivity index is 2.37. The van der Waals surface area contributed by atoms with Crippen LogP contribution >= 0.6 is 27.5 Å². The maximum Gasteiger partial charge on any atom is 0.258 e. The first-order valence-electron chi connectivity index (χ1n) is 5.62. The second-order valence-corrected chi connectivity index (χ2v) is 5.36. The van der Waals surface area contributed by atoms with Gasteiger partial charge in [0, 0.05) is 17.1 Å². The number of para-hydroxylation sites is 1. The van der Waals surface area contributed by atoms with Crippen molar-refractivity contribution in [1.29, 1.82) is 0 Å². The predicted octanol–water partition coefficient (Wildman–Crippen LogP) is 4.22. The number of phenols is 1. The molecule has 0 fully saturated rings. The molecule has 0 aliphatic rings. The lowest BCUT2D eigenvalue weighted by Crippen LogP contribution is -2.26. The summed E-state index contributed by atoms with van der Waals surface area (Å²) >= 11 is 9.10. The first-order chi connectivity index (χ1) is 9.41. The Kier molecular flexibility index (Phi) is 4.30. The smallest absolute Gasteiger partial charge is 0.258 e. The molecule has 0 aliphatic carbocycles. The molecular formula is C14H10BrClFNO2. The molecule has 0 bridgehead atoms.